The van der Waals surface area contributed by atoms with Crippen LogP contribution in [0, 0.1) is 0 Å². The average molecular weight is 331 g/mol. The second-order valence-corrected chi connectivity index (χ2v) is 5.75. The summed E-state index contributed by atoms with van der Waals surface area (Å²) in [7, 11) is 1.61. The predicted molar refractivity (Wildman–Crippen MR) is 99.9 cm³/mol. The average Bonchev–Trinajstić information content (AvgIpc) is 2.55. The van der Waals surface area contributed by atoms with Crippen molar-refractivity contribution in [3.8, 4) is 11.5 Å². The van der Waals surface area contributed by atoms with E-state index in [1.54, 1.807) is 31.3 Å². The zero-order chi connectivity index (χ0) is 17.9. The van der Waals surface area contributed by atoms with Gasteiger partial charge < -0.3 is 14.8 Å². The van der Waals surface area contributed by atoms with Crippen molar-refractivity contribution in [1.82, 2.24) is 5.32 Å². The number of rotatable bonds is 5. The van der Waals surface area contributed by atoms with Crippen LogP contribution >= 0.6 is 0 Å². The van der Waals surface area contributed by atoms with Gasteiger partial charge in [-0.3, -0.25) is 4.79 Å². The monoisotopic (exact) mass is 331 g/mol. The Morgan fingerprint density at radius 2 is 1.29 bits per heavy atom. The van der Waals surface area contributed by atoms with Gasteiger partial charge in [-0.05, 0) is 64.1 Å². The van der Waals surface area contributed by atoms with Crippen molar-refractivity contribution in [3.05, 3.63) is 60.2 Å². The van der Waals surface area contributed by atoms with Gasteiger partial charge in [0.1, 0.15) is 11.5 Å². The number of hydrogen-bond donors (Lipinski definition) is 1. The van der Waals surface area contributed by atoms with Gasteiger partial charge >= 0.3 is 0 Å². The van der Waals surface area contributed by atoms with Gasteiger partial charge in [0.05, 0.1) is 12.2 Å². The molecule has 0 unspecified atom stereocenters. The lowest BCUT2D eigenvalue weighted by Gasteiger charge is -2.09. The van der Waals surface area contributed by atoms with Crippen molar-refractivity contribution in [2.75, 3.05) is 7.05 Å². The van der Waals surface area contributed by atoms with Gasteiger partial charge in [0.15, 0.2) is 0 Å². The summed E-state index contributed by atoms with van der Waals surface area (Å²) in [4.78, 5) is 11.2. The third-order valence-electron chi connectivity index (χ3n) is 2.83. The minimum atomic E-state index is -0.0823. The third kappa shape index (κ3) is 7.68. The number of hydrogen-bond acceptors (Lipinski definition) is 3. The quantitative estimate of drug-likeness (QED) is 0.874. The lowest BCUT2D eigenvalue weighted by Crippen LogP contribution is -2.17. The molecule has 0 radical (unpaired) electrons. The lowest BCUT2D eigenvalue weighted by molar-refractivity contribution is 0.0963. The van der Waals surface area contributed by atoms with Gasteiger partial charge in [-0.2, -0.15) is 0 Å². The minimum Gasteiger partial charge on any atom is -0.491 e. The second-order valence-electron chi connectivity index (χ2n) is 5.75. The van der Waals surface area contributed by atoms with E-state index >= 15 is 0 Å². The Labute approximate surface area is 146 Å². The Morgan fingerprint density at radius 1 is 0.833 bits per heavy atom. The molecule has 0 aromatic heterocycles. The van der Waals surface area contributed by atoms with Crippen molar-refractivity contribution in [2.24, 2.45) is 0 Å². The maximum absolute atomic E-state index is 11.2. The highest BCUT2D eigenvalue weighted by atomic mass is 16.5. The smallest absolute Gasteiger partial charge is 0.251 e. The zero-order valence-corrected chi connectivity index (χ0v) is 15.1. The predicted octanol–water partition coefficient (Wildman–Crippen LogP) is 4.55. The van der Waals surface area contributed by atoms with Crippen LogP contribution in [-0.2, 0) is 0 Å². The molecule has 2 aromatic carbocycles. The molecule has 0 heterocycles. The number of benzene rings is 2. The van der Waals surface area contributed by atoms with Crippen molar-refractivity contribution >= 4 is 5.91 Å². The van der Waals surface area contributed by atoms with Gasteiger partial charge in [0.2, 0.25) is 0 Å². The number of nitrogens with one attached hydrogen (secondary N) is 1. The molecule has 0 spiro atoms. The van der Waals surface area contributed by atoms with Crippen LogP contribution in [0.3, 0.4) is 0 Å². The summed E-state index contributed by atoms with van der Waals surface area (Å²) in [5.74, 6) is 1.64. The summed E-state index contributed by atoms with van der Waals surface area (Å²) in [6.07, 6.45) is 0.420. The first-order valence-electron chi connectivity index (χ1n) is 8.13. The van der Waals surface area contributed by atoms with E-state index in [2.05, 4.69) is 5.32 Å². The summed E-state index contributed by atoms with van der Waals surface area (Å²) in [5, 5.41) is 2.56. The van der Waals surface area contributed by atoms with Crippen LogP contribution < -0.4 is 14.8 Å². The molecule has 1 amide bonds. The molecule has 2 rings (SSSR count). The topological polar surface area (TPSA) is 47.6 Å². The number of carbonyl (C=O) groups is 1. The highest BCUT2D eigenvalue weighted by Gasteiger charge is 2.03. The van der Waals surface area contributed by atoms with Crippen molar-refractivity contribution in [2.45, 2.75) is 39.9 Å². The molecule has 1 N–H and O–H groups in total. The number of para-hydroxylation sites is 1. The van der Waals surface area contributed by atoms with Crippen LogP contribution in [0.5, 0.6) is 11.5 Å². The van der Waals surface area contributed by atoms with Crippen LogP contribution in [0.15, 0.2) is 54.6 Å². The van der Waals surface area contributed by atoms with Crippen molar-refractivity contribution in [1.29, 1.82) is 0 Å². The summed E-state index contributed by atoms with van der Waals surface area (Å²) in [5.41, 5.74) is 0.642. The summed E-state index contributed by atoms with van der Waals surface area (Å²) >= 11 is 0. The molecule has 0 aliphatic carbocycles. The van der Waals surface area contributed by atoms with Gasteiger partial charge in [0, 0.05) is 14.0 Å². The van der Waals surface area contributed by atoms with E-state index in [-0.39, 0.29) is 19.5 Å². The van der Waals surface area contributed by atoms with Gasteiger partial charge in [-0.25, -0.2) is 0 Å². The normalized spacial score (nSPS) is 9.96. The summed E-state index contributed by atoms with van der Waals surface area (Å²) in [6, 6.07) is 16.9. The molecule has 24 heavy (non-hydrogen) atoms. The first-order valence-corrected chi connectivity index (χ1v) is 8.13. The van der Waals surface area contributed by atoms with E-state index in [1.807, 2.05) is 58.0 Å². The Morgan fingerprint density at radius 3 is 1.71 bits per heavy atom. The lowest BCUT2D eigenvalue weighted by atomic mass is 10.2. The molecular formula is C20H29NO3. The molecule has 0 aliphatic heterocycles. The maximum Gasteiger partial charge on any atom is 0.251 e. The van der Waals surface area contributed by atoms with Crippen LogP contribution in [0.4, 0.5) is 0 Å². The maximum atomic E-state index is 11.2. The molecule has 2 aromatic rings. The molecule has 4 heteroatoms. The summed E-state index contributed by atoms with van der Waals surface area (Å²) in [6.45, 7) is 7.97. The highest BCUT2D eigenvalue weighted by Crippen LogP contribution is 2.13. The standard InChI is InChI=1S/C11H15NO2.C9H12O.H2/c1-8(2)14-10-6-4-9(5-7-10)11(13)12-3;1-8(2)10-9-6-4-3-5-7-9;/h4-8H,1-3H3,(H,12,13);3-8H,1-2H3;1H. The second kappa shape index (κ2) is 10.3. The first-order chi connectivity index (χ1) is 11.4. The SMILES string of the molecule is CC(C)Oc1ccccc1.CNC(=O)c1ccc(OC(C)C)cc1.[HH]. The molecule has 132 valence electrons. The Balaban J connectivity index is 0.000000465. The molecule has 0 bridgehead atoms. The Kier molecular flexibility index (Phi) is 8.41. The highest BCUT2D eigenvalue weighted by molar-refractivity contribution is 5.94. The molecule has 0 saturated carbocycles. The van der Waals surface area contributed by atoms with Crippen molar-refractivity contribution < 1.29 is 15.7 Å². The minimum absolute atomic E-state index is 0. The number of amides is 1. The van der Waals surface area contributed by atoms with Crippen molar-refractivity contribution in [3.63, 3.8) is 0 Å². The number of ether oxygens (including phenoxy) is 2. The molecular weight excluding hydrogens is 302 g/mol. The number of carbonyl (C=O) groups excluding carboxylic acids is 1. The summed E-state index contributed by atoms with van der Waals surface area (Å²) < 4.78 is 10.9. The van der Waals surface area contributed by atoms with E-state index in [9.17, 15) is 4.79 Å². The molecule has 0 atom stereocenters. The Hall–Kier alpha value is -2.49. The van der Waals surface area contributed by atoms with Gasteiger partial charge in [-0.15, -0.1) is 0 Å². The van der Waals surface area contributed by atoms with E-state index in [0.717, 1.165) is 11.5 Å². The van der Waals surface area contributed by atoms with E-state index in [0.29, 0.717) is 5.56 Å². The molecule has 0 saturated heterocycles. The fourth-order valence-corrected chi connectivity index (χ4v) is 1.87. The van der Waals surface area contributed by atoms with Crippen LogP contribution in [0.1, 0.15) is 39.5 Å². The van der Waals surface area contributed by atoms with Crippen LogP contribution in [0.25, 0.3) is 0 Å². The molecule has 0 aliphatic rings. The zero-order valence-electron chi connectivity index (χ0n) is 15.1. The van der Waals surface area contributed by atoms with E-state index < -0.39 is 0 Å². The fraction of sp³-hybridized carbons (Fsp3) is 0.350. The van der Waals surface area contributed by atoms with E-state index in [4.69, 9.17) is 9.47 Å². The van der Waals surface area contributed by atoms with E-state index in [1.165, 1.54) is 0 Å². The molecule has 0 fully saturated rings. The van der Waals surface area contributed by atoms with Gasteiger partial charge in [0.25, 0.3) is 5.91 Å². The largest absolute Gasteiger partial charge is 0.491 e. The Bertz CT molecular complexity index is 598. The fourth-order valence-electron chi connectivity index (χ4n) is 1.87. The van der Waals surface area contributed by atoms with Crippen LogP contribution in [0.2, 0.25) is 0 Å². The van der Waals surface area contributed by atoms with Gasteiger partial charge in [-0.1, -0.05) is 18.2 Å². The molecule has 4 nitrogen and oxygen atoms in total. The third-order valence-corrected chi connectivity index (χ3v) is 2.83. The van der Waals surface area contributed by atoms with Crippen LogP contribution in [-0.4, -0.2) is 25.2 Å². The first kappa shape index (κ1) is 19.6.